The third-order valence-corrected chi connectivity index (χ3v) is 8.82. The molecule has 2 N–H and O–H groups in total. The quantitative estimate of drug-likeness (QED) is 0.284. The number of cyclic esters (lactones) is 1. The lowest BCUT2D eigenvalue weighted by atomic mass is 10.0. The lowest BCUT2D eigenvalue weighted by molar-refractivity contribution is -0.129. The lowest BCUT2D eigenvalue weighted by Gasteiger charge is -2.31. The van der Waals surface area contributed by atoms with Gasteiger partial charge in [0.2, 0.25) is 10.0 Å². The molecule has 0 radical (unpaired) electrons. The van der Waals surface area contributed by atoms with Gasteiger partial charge in [0, 0.05) is 25.4 Å². The third kappa shape index (κ3) is 8.53. The number of amides is 2. The molecule has 2 heterocycles. The van der Waals surface area contributed by atoms with Crippen molar-refractivity contribution in [1.29, 1.82) is 0 Å². The predicted octanol–water partition coefficient (Wildman–Crippen LogP) is 2.85. The highest BCUT2D eigenvalue weighted by Crippen LogP contribution is 2.23. The third-order valence-electron chi connectivity index (χ3n) is 6.99. The van der Waals surface area contributed by atoms with E-state index in [0.29, 0.717) is 11.4 Å². The Bertz CT molecular complexity index is 1470. The molecule has 2 amide bonds. The molecule has 1 aliphatic heterocycles. The van der Waals surface area contributed by atoms with Crippen LogP contribution >= 0.6 is 0 Å². The Morgan fingerprint density at radius 1 is 1.12 bits per heavy atom. The van der Waals surface area contributed by atoms with Gasteiger partial charge in [0.25, 0.3) is 5.91 Å². The van der Waals surface area contributed by atoms with Crippen molar-refractivity contribution >= 4 is 22.0 Å². The number of nitrogens with zero attached hydrogens (tertiary/aromatic N) is 3. The summed E-state index contributed by atoms with van der Waals surface area (Å²) in [6.07, 6.45) is -1.19. The van der Waals surface area contributed by atoms with Crippen LogP contribution < -0.4 is 10.1 Å². The number of aliphatic hydroxyl groups excluding tert-OH is 1. The Balaban J connectivity index is 1.53. The number of aliphatic hydroxyl groups is 1. The standard InChI is InChI=1S/C31H38N4O7S/c1-22(2)18-35(43(39,40)26-14-9-13-25(17-26)41-3)20-28(36)27(16-23-10-5-4-6-11-23)33-30(37)29-21-34(31(38)42-29)19-24-12-7-8-15-32-24/h4-15,17,22,27-29,36H,16,18-21H2,1-3H3,(H,33,37)/t27?,28-,29?/m1/s1. The summed E-state index contributed by atoms with van der Waals surface area (Å²) in [7, 11) is -2.56. The second-order valence-electron chi connectivity index (χ2n) is 10.8. The number of carbonyl (C=O) groups is 2. The molecule has 230 valence electrons. The van der Waals surface area contributed by atoms with Crippen LogP contribution in [0.25, 0.3) is 0 Å². The number of carbonyl (C=O) groups excluding carboxylic acids is 2. The van der Waals surface area contributed by atoms with Gasteiger partial charge in [0.1, 0.15) is 5.75 Å². The first-order chi connectivity index (χ1) is 20.6. The number of ether oxygens (including phenoxy) is 2. The zero-order valence-corrected chi connectivity index (χ0v) is 25.3. The first-order valence-corrected chi connectivity index (χ1v) is 15.5. The normalized spacial score (nSPS) is 16.7. The molecule has 0 spiro atoms. The molecule has 0 bridgehead atoms. The summed E-state index contributed by atoms with van der Waals surface area (Å²) in [5.74, 6) is -0.232. The smallest absolute Gasteiger partial charge is 0.411 e. The van der Waals surface area contributed by atoms with E-state index in [1.165, 1.54) is 28.4 Å². The van der Waals surface area contributed by atoms with Gasteiger partial charge >= 0.3 is 6.09 Å². The zero-order valence-electron chi connectivity index (χ0n) is 24.5. The summed E-state index contributed by atoms with van der Waals surface area (Å²) in [6.45, 7) is 3.84. The lowest BCUT2D eigenvalue weighted by Crippen LogP contribution is -2.53. The number of rotatable bonds is 14. The summed E-state index contributed by atoms with van der Waals surface area (Å²) in [4.78, 5) is 31.5. The van der Waals surface area contributed by atoms with E-state index in [1.54, 1.807) is 36.5 Å². The second-order valence-corrected chi connectivity index (χ2v) is 12.8. The Kier molecular flexibility index (Phi) is 10.7. The number of nitrogens with one attached hydrogen (secondary N) is 1. The minimum absolute atomic E-state index is 0.0130. The first-order valence-electron chi connectivity index (χ1n) is 14.1. The highest BCUT2D eigenvalue weighted by atomic mass is 32.2. The van der Waals surface area contributed by atoms with Gasteiger partial charge in [-0.1, -0.05) is 56.3 Å². The molecule has 4 rings (SSSR count). The number of methoxy groups -OCH3 is 1. The summed E-state index contributed by atoms with van der Waals surface area (Å²) in [6, 6.07) is 19.9. The summed E-state index contributed by atoms with van der Waals surface area (Å²) in [5, 5.41) is 14.3. The largest absolute Gasteiger partial charge is 0.497 e. The molecule has 0 saturated carbocycles. The van der Waals surface area contributed by atoms with Crippen molar-refractivity contribution in [2.75, 3.05) is 26.7 Å². The molecule has 1 aromatic heterocycles. The molecular formula is C31H38N4O7S. The van der Waals surface area contributed by atoms with E-state index >= 15 is 0 Å². The van der Waals surface area contributed by atoms with Crippen LogP contribution in [0.15, 0.2) is 83.9 Å². The van der Waals surface area contributed by atoms with E-state index in [2.05, 4.69) is 10.3 Å². The highest BCUT2D eigenvalue weighted by molar-refractivity contribution is 7.89. The number of hydrogen-bond donors (Lipinski definition) is 2. The van der Waals surface area contributed by atoms with Crippen LogP contribution in [0.3, 0.4) is 0 Å². The predicted molar refractivity (Wildman–Crippen MR) is 160 cm³/mol. The maximum Gasteiger partial charge on any atom is 0.411 e. The summed E-state index contributed by atoms with van der Waals surface area (Å²) in [5.41, 5.74) is 1.48. The van der Waals surface area contributed by atoms with Crippen molar-refractivity contribution in [2.24, 2.45) is 5.92 Å². The topological polar surface area (TPSA) is 138 Å². The van der Waals surface area contributed by atoms with E-state index in [4.69, 9.17) is 9.47 Å². The fourth-order valence-corrected chi connectivity index (χ4v) is 6.47. The zero-order chi connectivity index (χ0) is 31.0. The molecular weight excluding hydrogens is 572 g/mol. The fourth-order valence-electron chi connectivity index (χ4n) is 4.81. The van der Waals surface area contributed by atoms with Crippen LogP contribution in [-0.2, 0) is 32.5 Å². The highest BCUT2D eigenvalue weighted by Gasteiger charge is 2.38. The molecule has 0 aliphatic carbocycles. The molecule has 1 saturated heterocycles. The van der Waals surface area contributed by atoms with Gasteiger partial charge in [-0.15, -0.1) is 0 Å². The van der Waals surface area contributed by atoms with Crippen LogP contribution in [-0.4, -0.2) is 84.7 Å². The Labute approximate surface area is 252 Å². The van der Waals surface area contributed by atoms with Gasteiger partial charge in [0.05, 0.1) is 42.9 Å². The van der Waals surface area contributed by atoms with Gasteiger partial charge in [-0.3, -0.25) is 14.7 Å². The molecule has 2 unspecified atom stereocenters. The molecule has 12 heteroatoms. The van der Waals surface area contributed by atoms with Crippen molar-refractivity contribution < 1.29 is 32.6 Å². The van der Waals surface area contributed by atoms with Crippen LogP contribution in [0.2, 0.25) is 0 Å². The number of benzene rings is 2. The summed E-state index contributed by atoms with van der Waals surface area (Å²) >= 11 is 0. The van der Waals surface area contributed by atoms with E-state index in [1.807, 2.05) is 44.2 Å². The number of hydrogen-bond acceptors (Lipinski definition) is 8. The van der Waals surface area contributed by atoms with Crippen molar-refractivity contribution in [3.8, 4) is 5.75 Å². The van der Waals surface area contributed by atoms with E-state index < -0.39 is 40.3 Å². The molecule has 43 heavy (non-hydrogen) atoms. The number of aromatic nitrogens is 1. The fraction of sp³-hybridized carbons (Fsp3) is 0.387. The van der Waals surface area contributed by atoms with Gasteiger partial charge in [0.15, 0.2) is 6.10 Å². The number of pyridine rings is 1. The molecule has 1 aliphatic rings. The minimum Gasteiger partial charge on any atom is -0.497 e. The van der Waals surface area contributed by atoms with Crippen molar-refractivity contribution in [3.05, 3.63) is 90.3 Å². The van der Waals surface area contributed by atoms with E-state index in [-0.39, 0.29) is 43.4 Å². The summed E-state index contributed by atoms with van der Waals surface area (Å²) < 4.78 is 39.2. The molecule has 3 aromatic rings. The van der Waals surface area contributed by atoms with Crippen LogP contribution in [0.5, 0.6) is 5.75 Å². The maximum atomic E-state index is 13.7. The van der Waals surface area contributed by atoms with Gasteiger partial charge in [-0.2, -0.15) is 4.31 Å². The van der Waals surface area contributed by atoms with Crippen molar-refractivity contribution in [2.45, 2.75) is 50.0 Å². The van der Waals surface area contributed by atoms with E-state index in [0.717, 1.165) is 5.56 Å². The average Bonchev–Trinajstić information content (AvgIpc) is 3.37. The minimum atomic E-state index is -4.02. The first kappa shape index (κ1) is 31.9. The van der Waals surface area contributed by atoms with E-state index in [9.17, 15) is 23.1 Å². The maximum absolute atomic E-state index is 13.7. The Morgan fingerprint density at radius 2 is 1.86 bits per heavy atom. The molecule has 3 atom stereocenters. The Hall–Kier alpha value is -4.00. The second kappa shape index (κ2) is 14.5. The van der Waals surface area contributed by atoms with Crippen LogP contribution in [0.4, 0.5) is 4.79 Å². The number of sulfonamides is 1. The van der Waals surface area contributed by atoms with Gasteiger partial charge in [-0.05, 0) is 42.2 Å². The Morgan fingerprint density at radius 3 is 2.53 bits per heavy atom. The monoisotopic (exact) mass is 610 g/mol. The van der Waals surface area contributed by atoms with Crippen LogP contribution in [0.1, 0.15) is 25.1 Å². The van der Waals surface area contributed by atoms with Gasteiger partial charge < -0.3 is 19.9 Å². The van der Waals surface area contributed by atoms with Crippen LogP contribution in [0, 0.1) is 5.92 Å². The van der Waals surface area contributed by atoms with Crippen molar-refractivity contribution in [3.63, 3.8) is 0 Å². The molecule has 11 nitrogen and oxygen atoms in total. The average molecular weight is 611 g/mol. The molecule has 1 fully saturated rings. The van der Waals surface area contributed by atoms with Gasteiger partial charge in [-0.25, -0.2) is 13.2 Å². The SMILES string of the molecule is COc1cccc(S(=O)(=O)N(CC(C)C)C[C@@H](O)C(Cc2ccccc2)NC(=O)C2CN(Cc3ccccn3)C(=O)O2)c1. The molecule has 2 aromatic carbocycles. The van der Waals surface area contributed by atoms with Crippen molar-refractivity contribution in [1.82, 2.24) is 19.5 Å².